The molecule has 1 aromatic rings. The molecule has 5 heteroatoms. The second-order valence-electron chi connectivity index (χ2n) is 4.49. The summed E-state index contributed by atoms with van der Waals surface area (Å²) in [5.74, 6) is 1.46. The van der Waals surface area contributed by atoms with Crippen molar-refractivity contribution in [1.82, 2.24) is 15.5 Å². The molecule has 104 valence electrons. The fourth-order valence-corrected chi connectivity index (χ4v) is 1.85. The van der Waals surface area contributed by atoms with Gasteiger partial charge in [0.25, 0.3) is 0 Å². The third-order valence-electron chi connectivity index (χ3n) is 2.78. The summed E-state index contributed by atoms with van der Waals surface area (Å²) in [6.45, 7) is 6.03. The maximum Gasteiger partial charge on any atom is 0.228 e. The lowest BCUT2D eigenvalue weighted by Gasteiger charge is -2.15. The van der Waals surface area contributed by atoms with E-state index in [0.717, 1.165) is 43.9 Å². The van der Waals surface area contributed by atoms with Crippen LogP contribution in [-0.4, -0.2) is 36.4 Å². The molecule has 0 aromatic carbocycles. The van der Waals surface area contributed by atoms with Gasteiger partial charge in [-0.15, -0.1) is 0 Å². The van der Waals surface area contributed by atoms with Crippen LogP contribution in [0.5, 0.6) is 0 Å². The fourth-order valence-electron chi connectivity index (χ4n) is 1.85. The molecule has 1 unspecified atom stereocenters. The molecule has 0 saturated carbocycles. The highest BCUT2D eigenvalue weighted by Gasteiger charge is 2.13. The summed E-state index contributed by atoms with van der Waals surface area (Å²) in [6.07, 6.45) is 4.96. The topological polar surface area (TPSA) is 60.2 Å². The first-order valence-corrected chi connectivity index (χ1v) is 6.83. The molecule has 1 rings (SSSR count). The van der Waals surface area contributed by atoms with E-state index < -0.39 is 0 Å². The Morgan fingerprint density at radius 2 is 2.17 bits per heavy atom. The van der Waals surface area contributed by atoms with Gasteiger partial charge in [0, 0.05) is 26.0 Å². The van der Waals surface area contributed by atoms with E-state index in [2.05, 4.69) is 29.3 Å². The zero-order chi connectivity index (χ0) is 13.2. The van der Waals surface area contributed by atoms with Crippen LogP contribution in [-0.2, 0) is 17.6 Å². The summed E-state index contributed by atoms with van der Waals surface area (Å²) in [7, 11) is 1.67. The van der Waals surface area contributed by atoms with Gasteiger partial charge in [-0.2, -0.15) is 4.98 Å². The van der Waals surface area contributed by atoms with E-state index in [-0.39, 0.29) is 0 Å². The molecule has 1 N–H and O–H groups in total. The number of ether oxygens (including phenoxy) is 1. The second kappa shape index (κ2) is 9.05. The number of nitrogens with one attached hydrogen (secondary N) is 1. The fraction of sp³-hybridized carbons (Fsp3) is 0.846. The summed E-state index contributed by atoms with van der Waals surface area (Å²) >= 11 is 0. The van der Waals surface area contributed by atoms with Crippen LogP contribution < -0.4 is 5.32 Å². The van der Waals surface area contributed by atoms with Crippen molar-refractivity contribution in [2.75, 3.05) is 20.3 Å². The molecule has 0 amide bonds. The number of rotatable bonds is 10. The second-order valence-corrected chi connectivity index (χ2v) is 4.49. The zero-order valence-corrected chi connectivity index (χ0v) is 11.7. The molecule has 0 aliphatic rings. The van der Waals surface area contributed by atoms with Crippen LogP contribution in [0.4, 0.5) is 0 Å². The van der Waals surface area contributed by atoms with Crippen LogP contribution in [0.25, 0.3) is 0 Å². The predicted octanol–water partition coefficient (Wildman–Crippen LogP) is 1.97. The standard InChI is InChI=1S/C13H25N3O2/c1-4-6-11(14-8-5-2)10-13-15-12(16-18-13)7-9-17-3/h11,14H,4-10H2,1-3H3. The minimum Gasteiger partial charge on any atom is -0.384 e. The molecule has 5 nitrogen and oxygen atoms in total. The Labute approximate surface area is 109 Å². The Kier molecular flexibility index (Phi) is 7.60. The van der Waals surface area contributed by atoms with Gasteiger partial charge in [-0.1, -0.05) is 25.4 Å². The minimum absolute atomic E-state index is 0.436. The van der Waals surface area contributed by atoms with Crippen molar-refractivity contribution in [3.05, 3.63) is 11.7 Å². The highest BCUT2D eigenvalue weighted by Crippen LogP contribution is 2.07. The lowest BCUT2D eigenvalue weighted by molar-refractivity contribution is 0.199. The molecule has 0 saturated heterocycles. The Bertz CT molecular complexity index is 315. The molecular weight excluding hydrogens is 230 g/mol. The highest BCUT2D eigenvalue weighted by atomic mass is 16.5. The van der Waals surface area contributed by atoms with Crippen LogP contribution in [0, 0.1) is 0 Å². The van der Waals surface area contributed by atoms with E-state index in [1.807, 2.05) is 0 Å². The largest absolute Gasteiger partial charge is 0.384 e. The summed E-state index contributed by atoms with van der Waals surface area (Å²) in [4.78, 5) is 4.38. The average Bonchev–Trinajstić information content (AvgIpc) is 2.81. The quantitative estimate of drug-likeness (QED) is 0.692. The number of methoxy groups -OCH3 is 1. The molecule has 18 heavy (non-hydrogen) atoms. The third-order valence-corrected chi connectivity index (χ3v) is 2.78. The summed E-state index contributed by atoms with van der Waals surface area (Å²) in [6, 6.07) is 0.436. The first-order valence-electron chi connectivity index (χ1n) is 6.83. The summed E-state index contributed by atoms with van der Waals surface area (Å²) < 4.78 is 10.3. The van der Waals surface area contributed by atoms with Crippen molar-refractivity contribution in [2.45, 2.75) is 52.0 Å². The van der Waals surface area contributed by atoms with Gasteiger partial charge in [-0.25, -0.2) is 0 Å². The third kappa shape index (κ3) is 5.60. The van der Waals surface area contributed by atoms with E-state index in [0.29, 0.717) is 19.1 Å². The molecule has 0 bridgehead atoms. The molecule has 0 radical (unpaired) electrons. The van der Waals surface area contributed by atoms with Crippen molar-refractivity contribution in [3.63, 3.8) is 0 Å². The molecule has 0 aliphatic carbocycles. The Morgan fingerprint density at radius 3 is 2.83 bits per heavy atom. The van der Waals surface area contributed by atoms with Gasteiger partial charge in [0.15, 0.2) is 5.82 Å². The van der Waals surface area contributed by atoms with Gasteiger partial charge in [0.2, 0.25) is 5.89 Å². The van der Waals surface area contributed by atoms with Crippen LogP contribution in [0.2, 0.25) is 0 Å². The van der Waals surface area contributed by atoms with E-state index in [1.54, 1.807) is 7.11 Å². The van der Waals surface area contributed by atoms with Gasteiger partial charge in [0.1, 0.15) is 0 Å². The van der Waals surface area contributed by atoms with E-state index in [9.17, 15) is 0 Å². The normalized spacial score (nSPS) is 12.8. The molecule has 0 spiro atoms. The maximum absolute atomic E-state index is 5.26. The smallest absolute Gasteiger partial charge is 0.228 e. The number of nitrogens with zero attached hydrogens (tertiary/aromatic N) is 2. The van der Waals surface area contributed by atoms with Crippen LogP contribution in [0.3, 0.4) is 0 Å². The molecule has 1 atom stereocenters. The van der Waals surface area contributed by atoms with Crippen molar-refractivity contribution < 1.29 is 9.26 Å². The Balaban J connectivity index is 2.43. The first-order chi connectivity index (χ1) is 8.80. The van der Waals surface area contributed by atoms with Crippen LogP contribution >= 0.6 is 0 Å². The zero-order valence-electron chi connectivity index (χ0n) is 11.7. The van der Waals surface area contributed by atoms with Gasteiger partial charge in [-0.05, 0) is 19.4 Å². The van der Waals surface area contributed by atoms with Crippen molar-refractivity contribution in [3.8, 4) is 0 Å². The first kappa shape index (κ1) is 15.1. The van der Waals surface area contributed by atoms with Gasteiger partial charge in [0.05, 0.1) is 6.61 Å². The SMILES string of the molecule is CCCNC(CCC)Cc1nc(CCOC)no1. The lowest BCUT2D eigenvalue weighted by Crippen LogP contribution is -2.31. The highest BCUT2D eigenvalue weighted by molar-refractivity contribution is 4.89. The summed E-state index contributed by atoms with van der Waals surface area (Å²) in [5.41, 5.74) is 0. The van der Waals surface area contributed by atoms with Gasteiger partial charge < -0.3 is 14.6 Å². The van der Waals surface area contributed by atoms with Crippen LogP contribution in [0.1, 0.15) is 44.8 Å². The predicted molar refractivity (Wildman–Crippen MR) is 70.6 cm³/mol. The van der Waals surface area contributed by atoms with E-state index >= 15 is 0 Å². The van der Waals surface area contributed by atoms with Gasteiger partial charge in [-0.3, -0.25) is 0 Å². The number of hydrogen-bond donors (Lipinski definition) is 1. The Hall–Kier alpha value is -0.940. The number of hydrogen-bond acceptors (Lipinski definition) is 5. The maximum atomic E-state index is 5.26. The average molecular weight is 255 g/mol. The lowest BCUT2D eigenvalue weighted by atomic mass is 10.1. The molecular formula is C13H25N3O2. The van der Waals surface area contributed by atoms with Crippen LogP contribution in [0.15, 0.2) is 4.52 Å². The molecule has 1 aromatic heterocycles. The number of aromatic nitrogens is 2. The molecule has 0 aliphatic heterocycles. The minimum atomic E-state index is 0.436. The monoisotopic (exact) mass is 255 g/mol. The molecule has 1 heterocycles. The Morgan fingerprint density at radius 1 is 1.33 bits per heavy atom. The van der Waals surface area contributed by atoms with Crippen molar-refractivity contribution in [1.29, 1.82) is 0 Å². The van der Waals surface area contributed by atoms with E-state index in [1.165, 1.54) is 0 Å². The van der Waals surface area contributed by atoms with Crippen molar-refractivity contribution in [2.24, 2.45) is 0 Å². The van der Waals surface area contributed by atoms with Gasteiger partial charge >= 0.3 is 0 Å². The summed E-state index contributed by atoms with van der Waals surface area (Å²) in [5, 5.41) is 7.47. The molecule has 0 fully saturated rings. The van der Waals surface area contributed by atoms with E-state index in [4.69, 9.17) is 9.26 Å². The van der Waals surface area contributed by atoms with Crippen molar-refractivity contribution >= 4 is 0 Å².